The summed E-state index contributed by atoms with van der Waals surface area (Å²) in [5, 5.41) is 8.57. The Labute approximate surface area is 104 Å². The third-order valence-corrected chi connectivity index (χ3v) is 2.94. The lowest BCUT2D eigenvalue weighted by molar-refractivity contribution is 0.560. The first-order chi connectivity index (χ1) is 8.01. The summed E-state index contributed by atoms with van der Waals surface area (Å²) >= 11 is 5.53. The fraction of sp³-hybridized carbons (Fsp3) is 0.417. The number of nitrogens with zero attached hydrogens (tertiary/aromatic N) is 2. The molecule has 0 heterocycles. The maximum absolute atomic E-state index is 13.7. The molecule has 0 saturated carbocycles. The molecule has 0 aliphatic rings. The van der Waals surface area contributed by atoms with E-state index in [-0.39, 0.29) is 24.0 Å². The van der Waals surface area contributed by atoms with Gasteiger partial charge in [0.15, 0.2) is 0 Å². The molecule has 0 spiro atoms. The molecule has 1 atom stereocenters. The van der Waals surface area contributed by atoms with Crippen LogP contribution in [-0.4, -0.2) is 13.1 Å². The average molecular weight is 259 g/mol. The van der Waals surface area contributed by atoms with E-state index < -0.39 is 11.6 Å². The second kappa shape index (κ2) is 5.83. The zero-order chi connectivity index (χ0) is 13.0. The highest BCUT2D eigenvalue weighted by molar-refractivity contribution is 6.17. The van der Waals surface area contributed by atoms with Crippen LogP contribution in [0, 0.1) is 23.0 Å². The minimum atomic E-state index is -0.659. The number of benzene rings is 1. The second-order valence-electron chi connectivity index (χ2n) is 3.86. The molecule has 1 unspecified atom stereocenters. The molecule has 92 valence electrons. The predicted octanol–water partition coefficient (Wildman–Crippen LogP) is 3.44. The van der Waals surface area contributed by atoms with Gasteiger partial charge in [-0.25, -0.2) is 8.78 Å². The molecule has 0 N–H and O–H groups in total. The Kier molecular flexibility index (Phi) is 4.71. The molecule has 1 aromatic carbocycles. The SMILES string of the molecule is CC(CC#N)N(C)c1c(F)cc(CCl)cc1F. The van der Waals surface area contributed by atoms with E-state index in [0.29, 0.717) is 5.56 Å². The van der Waals surface area contributed by atoms with Crippen LogP contribution in [0.25, 0.3) is 0 Å². The van der Waals surface area contributed by atoms with Gasteiger partial charge in [-0.3, -0.25) is 0 Å². The van der Waals surface area contributed by atoms with Crippen LogP contribution in [0.4, 0.5) is 14.5 Å². The number of halogens is 3. The summed E-state index contributed by atoms with van der Waals surface area (Å²) in [4.78, 5) is 1.42. The van der Waals surface area contributed by atoms with Gasteiger partial charge in [-0.15, -0.1) is 11.6 Å². The number of alkyl halides is 1. The Hall–Kier alpha value is -1.34. The van der Waals surface area contributed by atoms with Gasteiger partial charge in [-0.05, 0) is 24.6 Å². The average Bonchev–Trinajstić information content (AvgIpc) is 2.28. The maximum Gasteiger partial charge on any atom is 0.149 e. The molecule has 17 heavy (non-hydrogen) atoms. The van der Waals surface area contributed by atoms with E-state index in [1.54, 1.807) is 14.0 Å². The van der Waals surface area contributed by atoms with Gasteiger partial charge < -0.3 is 4.90 Å². The molecule has 0 aliphatic carbocycles. The zero-order valence-electron chi connectivity index (χ0n) is 9.67. The number of hydrogen-bond acceptors (Lipinski definition) is 2. The summed E-state index contributed by atoms with van der Waals surface area (Å²) in [5.41, 5.74) is 0.272. The standard InChI is InChI=1S/C12H13ClF2N2/c1-8(3-4-16)17(2)12-10(14)5-9(7-13)6-11(12)15/h5-6,8H,3,7H2,1-2H3. The minimum Gasteiger partial charge on any atom is -0.366 e. The molecule has 0 saturated heterocycles. The normalized spacial score (nSPS) is 12.0. The summed E-state index contributed by atoms with van der Waals surface area (Å²) < 4.78 is 27.5. The largest absolute Gasteiger partial charge is 0.366 e. The van der Waals surface area contributed by atoms with Crippen molar-refractivity contribution >= 4 is 17.3 Å². The minimum absolute atomic E-state index is 0.0611. The first-order valence-corrected chi connectivity index (χ1v) is 5.68. The van der Waals surface area contributed by atoms with Gasteiger partial charge >= 0.3 is 0 Å². The molecule has 0 fully saturated rings. The molecule has 1 aromatic rings. The maximum atomic E-state index is 13.7. The Morgan fingerprint density at radius 2 is 1.94 bits per heavy atom. The van der Waals surface area contributed by atoms with Crippen LogP contribution in [0.5, 0.6) is 0 Å². The van der Waals surface area contributed by atoms with E-state index in [2.05, 4.69) is 0 Å². The molecule has 0 aromatic heterocycles. The van der Waals surface area contributed by atoms with Crippen LogP contribution in [0.1, 0.15) is 18.9 Å². The van der Waals surface area contributed by atoms with E-state index >= 15 is 0 Å². The highest BCUT2D eigenvalue weighted by atomic mass is 35.5. The highest BCUT2D eigenvalue weighted by Crippen LogP contribution is 2.26. The van der Waals surface area contributed by atoms with Crippen molar-refractivity contribution in [3.05, 3.63) is 29.3 Å². The number of anilines is 1. The summed E-state index contributed by atoms with van der Waals surface area (Å²) in [7, 11) is 1.56. The molecule has 1 rings (SSSR count). The third kappa shape index (κ3) is 3.07. The monoisotopic (exact) mass is 258 g/mol. The van der Waals surface area contributed by atoms with Crippen molar-refractivity contribution in [3.8, 4) is 6.07 Å². The van der Waals surface area contributed by atoms with Crippen molar-refractivity contribution in [2.45, 2.75) is 25.3 Å². The molecule has 0 radical (unpaired) electrons. The van der Waals surface area contributed by atoms with Gasteiger partial charge in [-0.2, -0.15) is 5.26 Å². The van der Waals surface area contributed by atoms with Gasteiger partial charge in [-0.1, -0.05) is 0 Å². The first-order valence-electron chi connectivity index (χ1n) is 5.15. The van der Waals surface area contributed by atoms with Crippen molar-refractivity contribution in [2.24, 2.45) is 0 Å². The first kappa shape index (κ1) is 13.7. The van der Waals surface area contributed by atoms with Crippen LogP contribution in [-0.2, 0) is 5.88 Å². The van der Waals surface area contributed by atoms with E-state index in [9.17, 15) is 8.78 Å². The van der Waals surface area contributed by atoms with Gasteiger partial charge in [0.1, 0.15) is 17.3 Å². The van der Waals surface area contributed by atoms with Crippen LogP contribution in [0.3, 0.4) is 0 Å². The second-order valence-corrected chi connectivity index (χ2v) is 4.13. The molecule has 0 amide bonds. The molecule has 0 bridgehead atoms. The van der Waals surface area contributed by atoms with E-state index in [1.165, 1.54) is 17.0 Å². The van der Waals surface area contributed by atoms with Gasteiger partial charge in [0.05, 0.1) is 12.5 Å². The van der Waals surface area contributed by atoms with Crippen molar-refractivity contribution in [3.63, 3.8) is 0 Å². The molecule has 0 aliphatic heterocycles. The van der Waals surface area contributed by atoms with Crippen molar-refractivity contribution in [2.75, 3.05) is 11.9 Å². The molecular weight excluding hydrogens is 246 g/mol. The fourth-order valence-corrected chi connectivity index (χ4v) is 1.68. The van der Waals surface area contributed by atoms with Crippen LogP contribution in [0.2, 0.25) is 0 Å². The van der Waals surface area contributed by atoms with Crippen LogP contribution < -0.4 is 4.90 Å². The quantitative estimate of drug-likeness (QED) is 0.774. The molecule has 2 nitrogen and oxygen atoms in total. The van der Waals surface area contributed by atoms with Crippen molar-refractivity contribution in [1.29, 1.82) is 5.26 Å². The van der Waals surface area contributed by atoms with Crippen LogP contribution >= 0.6 is 11.6 Å². The smallest absolute Gasteiger partial charge is 0.149 e. The highest BCUT2D eigenvalue weighted by Gasteiger charge is 2.19. The summed E-state index contributed by atoms with van der Waals surface area (Å²) in [6.45, 7) is 1.73. The number of rotatable bonds is 4. The van der Waals surface area contributed by atoms with Gasteiger partial charge in [0.2, 0.25) is 0 Å². The Morgan fingerprint density at radius 3 is 2.35 bits per heavy atom. The van der Waals surface area contributed by atoms with E-state index in [0.717, 1.165) is 0 Å². The lowest BCUT2D eigenvalue weighted by Crippen LogP contribution is -2.30. The topological polar surface area (TPSA) is 27.0 Å². The van der Waals surface area contributed by atoms with E-state index in [4.69, 9.17) is 16.9 Å². The number of hydrogen-bond donors (Lipinski definition) is 0. The van der Waals surface area contributed by atoms with Gasteiger partial charge in [0, 0.05) is 19.0 Å². The lowest BCUT2D eigenvalue weighted by Gasteiger charge is -2.26. The summed E-state index contributed by atoms with van der Waals surface area (Å²) in [5.74, 6) is -1.26. The van der Waals surface area contributed by atoms with Crippen molar-refractivity contribution < 1.29 is 8.78 Å². The third-order valence-electron chi connectivity index (χ3n) is 2.63. The zero-order valence-corrected chi connectivity index (χ0v) is 10.4. The van der Waals surface area contributed by atoms with E-state index in [1.807, 2.05) is 6.07 Å². The van der Waals surface area contributed by atoms with Gasteiger partial charge in [0.25, 0.3) is 0 Å². The predicted molar refractivity (Wildman–Crippen MR) is 64.0 cm³/mol. The van der Waals surface area contributed by atoms with Crippen LogP contribution in [0.15, 0.2) is 12.1 Å². The number of nitriles is 1. The summed E-state index contributed by atoms with van der Waals surface area (Å²) in [6.07, 6.45) is 0.201. The Bertz CT molecular complexity index is 420. The summed E-state index contributed by atoms with van der Waals surface area (Å²) in [6, 6.07) is 4.13. The van der Waals surface area contributed by atoms with Crippen molar-refractivity contribution in [1.82, 2.24) is 0 Å². The Morgan fingerprint density at radius 1 is 1.41 bits per heavy atom. The molecular formula is C12H13ClF2N2. The molecule has 5 heteroatoms. The Balaban J connectivity index is 3.10. The fourth-order valence-electron chi connectivity index (χ4n) is 1.52. The lowest BCUT2D eigenvalue weighted by atomic mass is 10.1.